The fourth-order valence-electron chi connectivity index (χ4n) is 2.39. The second kappa shape index (κ2) is 9.01. The highest BCUT2D eigenvalue weighted by Gasteiger charge is 2.11. The van der Waals surface area contributed by atoms with Gasteiger partial charge in [-0.05, 0) is 30.9 Å². The summed E-state index contributed by atoms with van der Waals surface area (Å²) < 4.78 is 5.32. The van der Waals surface area contributed by atoms with Crippen LogP contribution in [0.5, 0.6) is 5.75 Å². The molecule has 1 aromatic carbocycles. The molecule has 0 aliphatic heterocycles. The van der Waals surface area contributed by atoms with Gasteiger partial charge in [-0.2, -0.15) is 0 Å². The van der Waals surface area contributed by atoms with Crippen LogP contribution in [0.3, 0.4) is 0 Å². The van der Waals surface area contributed by atoms with Crippen molar-refractivity contribution in [2.75, 3.05) is 25.5 Å². The van der Waals surface area contributed by atoms with Gasteiger partial charge in [0.1, 0.15) is 23.1 Å². The molecule has 0 radical (unpaired) electrons. The van der Waals surface area contributed by atoms with Crippen molar-refractivity contribution in [2.24, 2.45) is 5.92 Å². The molecule has 1 amide bonds. The molecule has 25 heavy (non-hydrogen) atoms. The first-order valence-corrected chi connectivity index (χ1v) is 8.49. The van der Waals surface area contributed by atoms with E-state index in [1.165, 1.54) is 0 Å². The van der Waals surface area contributed by atoms with Gasteiger partial charge in [-0.25, -0.2) is 9.97 Å². The van der Waals surface area contributed by atoms with E-state index in [-0.39, 0.29) is 5.91 Å². The Balaban J connectivity index is 1.96. The molecule has 1 heterocycles. The predicted molar refractivity (Wildman–Crippen MR) is 99.1 cm³/mol. The number of aromatic nitrogens is 2. The average molecular weight is 342 g/mol. The van der Waals surface area contributed by atoms with Crippen LogP contribution in [0.1, 0.15) is 35.7 Å². The smallest absolute Gasteiger partial charge is 0.270 e. The maximum atomic E-state index is 12.4. The number of rotatable bonds is 8. The van der Waals surface area contributed by atoms with Crippen molar-refractivity contribution in [3.05, 3.63) is 47.4 Å². The van der Waals surface area contributed by atoms with Gasteiger partial charge in [-0.15, -0.1) is 0 Å². The largest absolute Gasteiger partial charge is 0.496 e. The fourth-order valence-corrected chi connectivity index (χ4v) is 2.39. The predicted octanol–water partition coefficient (Wildman–Crippen LogP) is 2.83. The Hall–Kier alpha value is -2.63. The molecule has 0 saturated heterocycles. The summed E-state index contributed by atoms with van der Waals surface area (Å²) in [6.45, 7) is 7.33. The van der Waals surface area contributed by atoms with Crippen LogP contribution in [-0.2, 0) is 6.42 Å². The molecule has 0 bridgehead atoms. The maximum Gasteiger partial charge on any atom is 0.270 e. The minimum atomic E-state index is -0.201. The monoisotopic (exact) mass is 342 g/mol. The molecule has 2 N–H and O–H groups in total. The van der Waals surface area contributed by atoms with Crippen LogP contribution in [-0.4, -0.2) is 36.1 Å². The van der Waals surface area contributed by atoms with E-state index in [0.29, 0.717) is 36.2 Å². The van der Waals surface area contributed by atoms with Crippen LogP contribution in [0.15, 0.2) is 30.3 Å². The van der Waals surface area contributed by atoms with E-state index in [9.17, 15) is 4.79 Å². The number of methoxy groups -OCH3 is 1. The number of hydrogen-bond donors (Lipinski definition) is 2. The van der Waals surface area contributed by atoms with Crippen LogP contribution < -0.4 is 15.4 Å². The first-order valence-electron chi connectivity index (χ1n) is 8.49. The average Bonchev–Trinajstić information content (AvgIpc) is 2.59. The van der Waals surface area contributed by atoms with E-state index >= 15 is 0 Å². The molecule has 2 aromatic rings. The van der Waals surface area contributed by atoms with E-state index < -0.39 is 0 Å². The minimum Gasteiger partial charge on any atom is -0.496 e. The van der Waals surface area contributed by atoms with Crippen LogP contribution in [0.2, 0.25) is 0 Å². The number of benzene rings is 1. The first kappa shape index (κ1) is 18.7. The summed E-state index contributed by atoms with van der Waals surface area (Å²) in [6, 6.07) is 9.48. The summed E-state index contributed by atoms with van der Waals surface area (Å²) in [5.41, 5.74) is 1.43. The van der Waals surface area contributed by atoms with E-state index in [1.807, 2.05) is 24.3 Å². The first-order chi connectivity index (χ1) is 12.0. The highest BCUT2D eigenvalue weighted by Crippen LogP contribution is 2.17. The number of aryl methyl sites for hydroxylation is 1. The van der Waals surface area contributed by atoms with Gasteiger partial charge >= 0.3 is 0 Å². The molecule has 0 aliphatic rings. The second-order valence-electron chi connectivity index (χ2n) is 6.28. The number of nitrogens with one attached hydrogen (secondary N) is 2. The Morgan fingerprint density at radius 1 is 1.24 bits per heavy atom. The molecule has 6 nitrogen and oxygen atoms in total. The molecular weight excluding hydrogens is 316 g/mol. The molecule has 2 rings (SSSR count). The number of carbonyl (C=O) groups is 1. The fraction of sp³-hybridized carbons (Fsp3) is 0.421. The van der Waals surface area contributed by atoms with Gasteiger partial charge in [-0.3, -0.25) is 4.79 Å². The number of hydrogen-bond acceptors (Lipinski definition) is 5. The summed E-state index contributed by atoms with van der Waals surface area (Å²) in [5, 5.41) is 6.14. The van der Waals surface area contributed by atoms with Gasteiger partial charge in [0.05, 0.1) is 7.11 Å². The Labute approximate surface area is 149 Å². The Morgan fingerprint density at radius 3 is 2.72 bits per heavy atom. The standard InChI is InChI=1S/C19H26N4O2/c1-13(2)12-21-18-11-16(22-14(3)23-18)19(24)20-10-9-15-7-5-6-8-17(15)25-4/h5-8,11,13H,9-10,12H2,1-4H3,(H,20,24)(H,21,22,23). The third-order valence-corrected chi connectivity index (χ3v) is 3.63. The topological polar surface area (TPSA) is 76.1 Å². The summed E-state index contributed by atoms with van der Waals surface area (Å²) in [5.74, 6) is 2.37. The van der Waals surface area contributed by atoms with Crippen molar-refractivity contribution in [3.63, 3.8) is 0 Å². The lowest BCUT2D eigenvalue weighted by Gasteiger charge is -2.11. The van der Waals surface area contributed by atoms with Crippen molar-refractivity contribution < 1.29 is 9.53 Å². The molecule has 6 heteroatoms. The highest BCUT2D eigenvalue weighted by molar-refractivity contribution is 5.92. The summed E-state index contributed by atoms with van der Waals surface area (Å²) in [4.78, 5) is 20.9. The zero-order chi connectivity index (χ0) is 18.2. The Bertz CT molecular complexity index is 716. The van der Waals surface area contributed by atoms with E-state index in [1.54, 1.807) is 20.1 Å². The Morgan fingerprint density at radius 2 is 2.00 bits per heavy atom. The number of carbonyl (C=O) groups excluding carboxylic acids is 1. The molecule has 134 valence electrons. The molecule has 0 unspecified atom stereocenters. The van der Waals surface area contributed by atoms with Gasteiger partial charge in [0.15, 0.2) is 0 Å². The molecule has 0 spiro atoms. The molecule has 0 atom stereocenters. The quantitative estimate of drug-likeness (QED) is 0.771. The zero-order valence-electron chi connectivity index (χ0n) is 15.3. The molecular formula is C19H26N4O2. The molecule has 0 saturated carbocycles. The zero-order valence-corrected chi connectivity index (χ0v) is 15.3. The van der Waals surface area contributed by atoms with Crippen LogP contribution in [0.25, 0.3) is 0 Å². The van der Waals surface area contributed by atoms with Crippen molar-refractivity contribution >= 4 is 11.7 Å². The lowest BCUT2D eigenvalue weighted by Crippen LogP contribution is -2.27. The highest BCUT2D eigenvalue weighted by atomic mass is 16.5. The minimum absolute atomic E-state index is 0.201. The lowest BCUT2D eigenvalue weighted by atomic mass is 10.1. The van der Waals surface area contributed by atoms with E-state index in [2.05, 4.69) is 34.4 Å². The van der Waals surface area contributed by atoms with Gasteiger partial charge in [0.2, 0.25) is 0 Å². The van der Waals surface area contributed by atoms with Crippen LogP contribution in [0.4, 0.5) is 5.82 Å². The number of nitrogens with zero attached hydrogens (tertiary/aromatic N) is 2. The van der Waals surface area contributed by atoms with Crippen LogP contribution in [0, 0.1) is 12.8 Å². The molecule has 0 aliphatic carbocycles. The third-order valence-electron chi connectivity index (χ3n) is 3.63. The van der Waals surface area contributed by atoms with E-state index in [4.69, 9.17) is 4.74 Å². The van der Waals surface area contributed by atoms with Crippen molar-refractivity contribution in [1.29, 1.82) is 0 Å². The summed E-state index contributed by atoms with van der Waals surface area (Å²) in [7, 11) is 1.65. The van der Waals surface area contributed by atoms with Crippen molar-refractivity contribution in [3.8, 4) is 5.75 Å². The third kappa shape index (κ3) is 5.74. The SMILES string of the molecule is COc1ccccc1CCNC(=O)c1cc(NCC(C)C)nc(C)n1. The van der Waals surface area contributed by atoms with Gasteiger partial charge in [-0.1, -0.05) is 32.0 Å². The number of ether oxygens (including phenoxy) is 1. The van der Waals surface area contributed by atoms with Crippen molar-refractivity contribution in [1.82, 2.24) is 15.3 Å². The normalized spacial score (nSPS) is 10.6. The van der Waals surface area contributed by atoms with Gasteiger partial charge < -0.3 is 15.4 Å². The maximum absolute atomic E-state index is 12.4. The number of amides is 1. The van der Waals surface area contributed by atoms with Gasteiger partial charge in [0.25, 0.3) is 5.91 Å². The summed E-state index contributed by atoms with van der Waals surface area (Å²) >= 11 is 0. The van der Waals surface area contributed by atoms with Crippen LogP contribution >= 0.6 is 0 Å². The number of para-hydroxylation sites is 1. The van der Waals surface area contributed by atoms with E-state index in [0.717, 1.165) is 17.9 Å². The molecule has 1 aromatic heterocycles. The van der Waals surface area contributed by atoms with Crippen molar-refractivity contribution in [2.45, 2.75) is 27.2 Å². The molecule has 0 fully saturated rings. The second-order valence-corrected chi connectivity index (χ2v) is 6.28. The van der Waals surface area contributed by atoms with Gasteiger partial charge in [0, 0.05) is 19.2 Å². The number of anilines is 1. The Kier molecular flexibility index (Phi) is 6.74. The summed E-state index contributed by atoms with van der Waals surface area (Å²) in [6.07, 6.45) is 0.693. The lowest BCUT2D eigenvalue weighted by molar-refractivity contribution is 0.0948.